The van der Waals surface area contributed by atoms with Crippen molar-refractivity contribution >= 4 is 5.69 Å². The third-order valence-electron chi connectivity index (χ3n) is 4.00. The van der Waals surface area contributed by atoms with Crippen molar-refractivity contribution in [2.24, 2.45) is 0 Å². The van der Waals surface area contributed by atoms with Gasteiger partial charge in [-0.25, -0.2) is 0 Å². The molecule has 0 spiro atoms. The monoisotopic (exact) mass is 323 g/mol. The molecule has 1 saturated heterocycles. The highest BCUT2D eigenvalue weighted by molar-refractivity contribution is 5.32. The predicted octanol–water partition coefficient (Wildman–Crippen LogP) is 1.38. The smallest absolute Gasteiger partial charge is 0.269 e. The maximum Gasteiger partial charge on any atom is 0.269 e. The van der Waals surface area contributed by atoms with Gasteiger partial charge in [0.1, 0.15) is 0 Å². The van der Waals surface area contributed by atoms with Gasteiger partial charge in [-0.1, -0.05) is 12.1 Å². The van der Waals surface area contributed by atoms with Crippen molar-refractivity contribution in [3.05, 3.63) is 39.9 Å². The van der Waals surface area contributed by atoms with E-state index in [1.165, 1.54) is 0 Å². The average molecular weight is 323 g/mol. The van der Waals surface area contributed by atoms with E-state index in [0.29, 0.717) is 13.2 Å². The second-order valence-electron chi connectivity index (χ2n) is 5.65. The molecule has 128 valence electrons. The number of hydrogen-bond donors (Lipinski definition) is 0. The minimum absolute atomic E-state index is 0.145. The van der Waals surface area contributed by atoms with Crippen molar-refractivity contribution in [3.63, 3.8) is 0 Å². The zero-order valence-electron chi connectivity index (χ0n) is 13.6. The number of methoxy groups -OCH3 is 1. The van der Waals surface area contributed by atoms with Gasteiger partial charge in [0, 0.05) is 58.5 Å². The van der Waals surface area contributed by atoms with Crippen LogP contribution in [0.5, 0.6) is 0 Å². The first-order valence-corrected chi connectivity index (χ1v) is 7.94. The Bertz CT molecular complexity index is 473. The largest absolute Gasteiger partial charge is 0.382 e. The van der Waals surface area contributed by atoms with Crippen LogP contribution < -0.4 is 0 Å². The molecule has 1 heterocycles. The quantitative estimate of drug-likeness (QED) is 0.388. The van der Waals surface area contributed by atoms with Crippen LogP contribution in [0.15, 0.2) is 24.3 Å². The highest BCUT2D eigenvalue weighted by Crippen LogP contribution is 2.14. The lowest BCUT2D eigenvalue weighted by molar-refractivity contribution is -0.384. The normalized spacial score (nSPS) is 16.6. The molecule has 0 aliphatic carbocycles. The van der Waals surface area contributed by atoms with Crippen LogP contribution in [0.3, 0.4) is 0 Å². The van der Waals surface area contributed by atoms with E-state index in [4.69, 9.17) is 9.47 Å². The summed E-state index contributed by atoms with van der Waals surface area (Å²) in [5.74, 6) is 0. The van der Waals surface area contributed by atoms with Crippen LogP contribution in [0, 0.1) is 10.1 Å². The summed E-state index contributed by atoms with van der Waals surface area (Å²) in [7, 11) is 1.67. The molecule has 0 unspecified atom stereocenters. The molecule has 0 amide bonds. The molecule has 7 nitrogen and oxygen atoms in total. The lowest BCUT2D eigenvalue weighted by Crippen LogP contribution is -2.46. The Hall–Kier alpha value is -1.54. The van der Waals surface area contributed by atoms with Crippen molar-refractivity contribution in [1.29, 1.82) is 0 Å². The third-order valence-corrected chi connectivity index (χ3v) is 4.00. The summed E-state index contributed by atoms with van der Waals surface area (Å²) >= 11 is 0. The summed E-state index contributed by atoms with van der Waals surface area (Å²) in [5, 5.41) is 10.7. The van der Waals surface area contributed by atoms with Crippen LogP contribution >= 0.6 is 0 Å². The van der Waals surface area contributed by atoms with Gasteiger partial charge in [-0.2, -0.15) is 0 Å². The van der Waals surface area contributed by atoms with Crippen LogP contribution in [0.1, 0.15) is 5.56 Å². The molecule has 7 heteroatoms. The van der Waals surface area contributed by atoms with Gasteiger partial charge in [-0.05, 0) is 5.56 Å². The Morgan fingerprint density at radius 1 is 1.04 bits per heavy atom. The number of nitro benzene ring substituents is 1. The maximum atomic E-state index is 10.7. The van der Waals surface area contributed by atoms with Crippen molar-refractivity contribution in [2.75, 3.05) is 59.7 Å². The first kappa shape index (κ1) is 17.8. The summed E-state index contributed by atoms with van der Waals surface area (Å²) in [6, 6.07) is 6.83. The van der Waals surface area contributed by atoms with Crippen molar-refractivity contribution < 1.29 is 14.4 Å². The van der Waals surface area contributed by atoms with Gasteiger partial charge in [-0.3, -0.25) is 19.9 Å². The van der Waals surface area contributed by atoms with E-state index in [2.05, 4.69) is 9.80 Å². The first-order valence-electron chi connectivity index (χ1n) is 7.94. The summed E-state index contributed by atoms with van der Waals surface area (Å²) in [4.78, 5) is 15.1. The third kappa shape index (κ3) is 6.23. The highest BCUT2D eigenvalue weighted by atomic mass is 16.6. The van der Waals surface area contributed by atoms with Gasteiger partial charge < -0.3 is 9.47 Å². The number of nitrogens with zero attached hydrogens (tertiary/aromatic N) is 3. The molecule has 1 fully saturated rings. The molecule has 1 aliphatic heterocycles. The van der Waals surface area contributed by atoms with Crippen molar-refractivity contribution in [2.45, 2.75) is 6.54 Å². The molecule has 0 aromatic heterocycles. The summed E-state index contributed by atoms with van der Waals surface area (Å²) in [6.07, 6.45) is 0. The van der Waals surface area contributed by atoms with Gasteiger partial charge in [0.2, 0.25) is 0 Å². The number of piperazine rings is 1. The van der Waals surface area contributed by atoms with Crippen LogP contribution in [-0.2, 0) is 16.0 Å². The Morgan fingerprint density at radius 2 is 1.70 bits per heavy atom. The van der Waals surface area contributed by atoms with Gasteiger partial charge in [0.15, 0.2) is 0 Å². The zero-order valence-corrected chi connectivity index (χ0v) is 13.6. The molecule has 0 bridgehead atoms. The molecular weight excluding hydrogens is 298 g/mol. The average Bonchev–Trinajstić information content (AvgIpc) is 2.57. The van der Waals surface area contributed by atoms with Gasteiger partial charge >= 0.3 is 0 Å². The van der Waals surface area contributed by atoms with E-state index in [1.54, 1.807) is 19.2 Å². The van der Waals surface area contributed by atoms with Crippen molar-refractivity contribution in [3.8, 4) is 0 Å². The minimum atomic E-state index is -0.364. The number of ether oxygens (including phenoxy) is 2. The number of nitro groups is 1. The number of benzene rings is 1. The van der Waals surface area contributed by atoms with Crippen LogP contribution in [0.4, 0.5) is 5.69 Å². The van der Waals surface area contributed by atoms with Crippen LogP contribution in [-0.4, -0.2) is 74.4 Å². The molecule has 1 aliphatic rings. The van der Waals surface area contributed by atoms with E-state index in [9.17, 15) is 10.1 Å². The maximum absolute atomic E-state index is 10.7. The first-order chi connectivity index (χ1) is 11.2. The zero-order chi connectivity index (χ0) is 16.5. The van der Waals surface area contributed by atoms with Crippen molar-refractivity contribution in [1.82, 2.24) is 9.80 Å². The van der Waals surface area contributed by atoms with Gasteiger partial charge in [0.25, 0.3) is 5.69 Å². The second kappa shape index (κ2) is 9.57. The SMILES string of the molecule is COCCOCCN1CCN(Cc2ccc([N+](=O)[O-])cc2)CC1. The predicted molar refractivity (Wildman–Crippen MR) is 87.5 cm³/mol. The van der Waals surface area contributed by atoms with E-state index in [1.807, 2.05) is 12.1 Å². The fourth-order valence-corrected chi connectivity index (χ4v) is 2.59. The molecule has 0 atom stereocenters. The van der Waals surface area contributed by atoms with E-state index >= 15 is 0 Å². The van der Waals surface area contributed by atoms with Gasteiger partial charge in [0.05, 0.1) is 24.7 Å². The van der Waals surface area contributed by atoms with E-state index in [0.717, 1.165) is 51.4 Å². The Balaban J connectivity index is 1.65. The minimum Gasteiger partial charge on any atom is -0.382 e. The molecule has 1 aromatic carbocycles. The Kier molecular flexibility index (Phi) is 7.41. The molecule has 0 N–H and O–H groups in total. The van der Waals surface area contributed by atoms with Crippen LogP contribution in [0.2, 0.25) is 0 Å². The lowest BCUT2D eigenvalue weighted by Gasteiger charge is -2.34. The van der Waals surface area contributed by atoms with Crippen LogP contribution in [0.25, 0.3) is 0 Å². The Labute approximate surface area is 136 Å². The van der Waals surface area contributed by atoms with E-state index in [-0.39, 0.29) is 10.6 Å². The topological polar surface area (TPSA) is 68.1 Å². The molecule has 0 radical (unpaired) electrons. The number of rotatable bonds is 9. The standard InChI is InChI=1S/C16H25N3O4/c1-22-12-13-23-11-10-17-6-8-18(9-7-17)14-15-2-4-16(5-3-15)19(20)21/h2-5H,6-14H2,1H3. The summed E-state index contributed by atoms with van der Waals surface area (Å²) in [5.41, 5.74) is 1.26. The van der Waals surface area contributed by atoms with E-state index < -0.39 is 0 Å². The molecule has 2 rings (SSSR count). The second-order valence-corrected chi connectivity index (χ2v) is 5.65. The molecule has 0 saturated carbocycles. The molecule has 1 aromatic rings. The fourth-order valence-electron chi connectivity index (χ4n) is 2.59. The molecular formula is C16H25N3O4. The highest BCUT2D eigenvalue weighted by Gasteiger charge is 2.17. The molecule has 23 heavy (non-hydrogen) atoms. The number of hydrogen-bond acceptors (Lipinski definition) is 6. The fraction of sp³-hybridized carbons (Fsp3) is 0.625. The summed E-state index contributed by atoms with van der Waals surface area (Å²) in [6.45, 7) is 7.90. The number of non-ortho nitro benzene ring substituents is 1. The Morgan fingerprint density at radius 3 is 2.30 bits per heavy atom. The van der Waals surface area contributed by atoms with Gasteiger partial charge in [-0.15, -0.1) is 0 Å². The summed E-state index contributed by atoms with van der Waals surface area (Å²) < 4.78 is 10.4. The lowest BCUT2D eigenvalue weighted by atomic mass is 10.2.